The van der Waals surface area contributed by atoms with E-state index < -0.39 is 0 Å². The molecule has 6 heteroatoms. The number of anilines is 1. The third kappa shape index (κ3) is 2.58. The molecule has 0 bridgehead atoms. The summed E-state index contributed by atoms with van der Waals surface area (Å²) in [6.07, 6.45) is 4.08. The molecule has 0 saturated heterocycles. The minimum atomic E-state index is -0.0697. The van der Waals surface area contributed by atoms with Crippen LogP contribution in [0.1, 0.15) is 31.5 Å². The van der Waals surface area contributed by atoms with E-state index in [-0.39, 0.29) is 18.9 Å². The van der Waals surface area contributed by atoms with E-state index in [0.29, 0.717) is 18.0 Å². The van der Waals surface area contributed by atoms with Gasteiger partial charge in [-0.25, -0.2) is 4.79 Å². The first-order valence-corrected chi connectivity index (χ1v) is 8.38. The zero-order valence-corrected chi connectivity index (χ0v) is 13.7. The van der Waals surface area contributed by atoms with Gasteiger partial charge in [0, 0.05) is 36.7 Å². The number of fused-ring (bicyclic) bond motifs is 2. The highest BCUT2D eigenvalue weighted by molar-refractivity contribution is 5.90. The largest absolute Gasteiger partial charge is 0.454 e. The molecule has 1 aromatic carbocycles. The average Bonchev–Trinajstić information content (AvgIpc) is 3.23. The lowest BCUT2D eigenvalue weighted by molar-refractivity contribution is 0.163. The molecule has 3 heterocycles. The number of ether oxygens (including phenoxy) is 2. The Bertz CT molecular complexity index is 756. The van der Waals surface area contributed by atoms with Crippen molar-refractivity contribution in [1.82, 2.24) is 9.47 Å². The van der Waals surface area contributed by atoms with Crippen molar-refractivity contribution in [2.45, 2.75) is 32.4 Å². The molecule has 24 heavy (non-hydrogen) atoms. The summed E-state index contributed by atoms with van der Waals surface area (Å²) in [4.78, 5) is 14.8. The Labute approximate surface area is 141 Å². The van der Waals surface area contributed by atoms with Gasteiger partial charge in [-0.05, 0) is 30.7 Å². The van der Waals surface area contributed by atoms with Crippen LogP contribution in [0.2, 0.25) is 0 Å². The Hall–Kier alpha value is -2.63. The number of nitrogens with one attached hydrogen (secondary N) is 1. The summed E-state index contributed by atoms with van der Waals surface area (Å²) in [5.74, 6) is 1.39. The lowest BCUT2D eigenvalue weighted by atomic mass is 10.0. The number of nitrogens with zero attached hydrogens (tertiary/aromatic N) is 2. The summed E-state index contributed by atoms with van der Waals surface area (Å²) in [6.45, 7) is 3.92. The number of hydrogen-bond acceptors (Lipinski definition) is 3. The van der Waals surface area contributed by atoms with Gasteiger partial charge in [0.2, 0.25) is 6.79 Å². The fraction of sp³-hybridized carbons (Fsp3) is 0.389. The molecule has 2 aliphatic rings. The van der Waals surface area contributed by atoms with Gasteiger partial charge < -0.3 is 24.3 Å². The predicted molar refractivity (Wildman–Crippen MR) is 90.4 cm³/mol. The van der Waals surface area contributed by atoms with Crippen molar-refractivity contribution in [3.63, 3.8) is 0 Å². The second-order valence-electron chi connectivity index (χ2n) is 6.12. The van der Waals surface area contributed by atoms with Crippen molar-refractivity contribution >= 4 is 11.7 Å². The minimum absolute atomic E-state index is 0.0697. The van der Waals surface area contributed by atoms with Crippen LogP contribution in [0.5, 0.6) is 11.5 Å². The Morgan fingerprint density at radius 3 is 3.00 bits per heavy atom. The zero-order valence-electron chi connectivity index (χ0n) is 13.7. The molecular formula is C18H21N3O3. The molecular weight excluding hydrogens is 306 g/mol. The van der Waals surface area contributed by atoms with E-state index in [0.717, 1.165) is 25.1 Å². The van der Waals surface area contributed by atoms with Crippen molar-refractivity contribution in [1.29, 1.82) is 0 Å². The second-order valence-corrected chi connectivity index (χ2v) is 6.12. The van der Waals surface area contributed by atoms with E-state index in [9.17, 15) is 4.79 Å². The maximum absolute atomic E-state index is 12.8. The number of benzene rings is 1. The van der Waals surface area contributed by atoms with Crippen LogP contribution in [0, 0.1) is 0 Å². The number of rotatable bonds is 3. The van der Waals surface area contributed by atoms with Gasteiger partial charge in [-0.3, -0.25) is 0 Å². The summed E-state index contributed by atoms with van der Waals surface area (Å²) in [7, 11) is 0. The summed E-state index contributed by atoms with van der Waals surface area (Å²) in [5.41, 5.74) is 1.93. The molecule has 1 N–H and O–H groups in total. The van der Waals surface area contributed by atoms with Gasteiger partial charge in [-0.2, -0.15) is 0 Å². The number of urea groups is 1. The Kier molecular flexibility index (Phi) is 3.80. The fourth-order valence-electron chi connectivity index (χ4n) is 3.45. The second kappa shape index (κ2) is 6.11. The zero-order chi connectivity index (χ0) is 16.5. The lowest BCUT2D eigenvalue weighted by Gasteiger charge is -2.37. The highest BCUT2D eigenvalue weighted by atomic mass is 16.7. The monoisotopic (exact) mass is 327 g/mol. The molecule has 4 rings (SSSR count). The predicted octanol–water partition coefficient (Wildman–Crippen LogP) is 3.61. The Morgan fingerprint density at radius 1 is 1.25 bits per heavy atom. The molecule has 1 aromatic heterocycles. The Balaban J connectivity index is 1.53. The topological polar surface area (TPSA) is 55.7 Å². The van der Waals surface area contributed by atoms with Crippen LogP contribution in [0.25, 0.3) is 0 Å². The number of carbonyl (C=O) groups is 1. The molecule has 2 amide bonds. The maximum Gasteiger partial charge on any atom is 0.322 e. The van der Waals surface area contributed by atoms with Crippen molar-refractivity contribution in [3.05, 3.63) is 42.2 Å². The summed E-state index contributed by atoms with van der Waals surface area (Å²) in [6, 6.07) is 9.68. The molecule has 6 nitrogen and oxygen atoms in total. The third-order valence-corrected chi connectivity index (χ3v) is 4.61. The van der Waals surface area contributed by atoms with E-state index in [2.05, 4.69) is 35.1 Å². The maximum atomic E-state index is 12.8. The van der Waals surface area contributed by atoms with Gasteiger partial charge in [-0.15, -0.1) is 0 Å². The van der Waals surface area contributed by atoms with Crippen LogP contribution in [0.15, 0.2) is 36.5 Å². The van der Waals surface area contributed by atoms with Crippen molar-refractivity contribution in [2.24, 2.45) is 0 Å². The SMILES string of the molecule is CCCC1c2cccn2CCN1C(=O)Nc1ccc2c(c1)OCO2. The lowest BCUT2D eigenvalue weighted by Crippen LogP contribution is -2.44. The molecule has 0 aliphatic carbocycles. The molecule has 2 aromatic rings. The number of amides is 2. The molecule has 0 radical (unpaired) electrons. The molecule has 126 valence electrons. The summed E-state index contributed by atoms with van der Waals surface area (Å²) < 4.78 is 12.9. The van der Waals surface area contributed by atoms with Gasteiger partial charge in [0.15, 0.2) is 11.5 Å². The molecule has 1 unspecified atom stereocenters. The van der Waals surface area contributed by atoms with E-state index >= 15 is 0 Å². The third-order valence-electron chi connectivity index (χ3n) is 4.61. The number of aromatic nitrogens is 1. The van der Waals surface area contributed by atoms with Gasteiger partial charge in [-0.1, -0.05) is 13.3 Å². The highest BCUT2D eigenvalue weighted by Gasteiger charge is 2.30. The van der Waals surface area contributed by atoms with Crippen LogP contribution in [-0.4, -0.2) is 28.8 Å². The molecule has 2 aliphatic heterocycles. The average molecular weight is 327 g/mol. The number of carbonyl (C=O) groups excluding carboxylic acids is 1. The minimum Gasteiger partial charge on any atom is -0.454 e. The standard InChI is InChI=1S/C18H21N3O3/c1-2-4-15-14-5-3-8-20(14)9-10-21(15)18(22)19-13-6-7-16-17(11-13)24-12-23-16/h3,5-8,11,15H,2,4,9-10,12H2,1H3,(H,19,22). The van der Waals surface area contributed by atoms with Crippen molar-refractivity contribution in [2.75, 3.05) is 18.7 Å². The molecule has 0 fully saturated rings. The highest BCUT2D eigenvalue weighted by Crippen LogP contribution is 2.35. The van der Waals surface area contributed by atoms with Crippen LogP contribution >= 0.6 is 0 Å². The fourth-order valence-corrected chi connectivity index (χ4v) is 3.45. The smallest absolute Gasteiger partial charge is 0.322 e. The number of hydrogen-bond donors (Lipinski definition) is 1. The summed E-state index contributed by atoms with van der Waals surface area (Å²) >= 11 is 0. The molecule has 0 saturated carbocycles. The van der Waals surface area contributed by atoms with Crippen LogP contribution in [-0.2, 0) is 6.54 Å². The van der Waals surface area contributed by atoms with E-state index in [1.165, 1.54) is 5.69 Å². The van der Waals surface area contributed by atoms with Crippen molar-refractivity contribution < 1.29 is 14.3 Å². The normalized spacial score (nSPS) is 18.4. The first-order chi connectivity index (χ1) is 11.8. The Morgan fingerprint density at radius 2 is 2.12 bits per heavy atom. The van der Waals surface area contributed by atoms with Gasteiger partial charge in [0.1, 0.15) is 0 Å². The van der Waals surface area contributed by atoms with Crippen LogP contribution < -0.4 is 14.8 Å². The van der Waals surface area contributed by atoms with Crippen LogP contribution in [0.3, 0.4) is 0 Å². The quantitative estimate of drug-likeness (QED) is 0.937. The van der Waals surface area contributed by atoms with Crippen LogP contribution in [0.4, 0.5) is 10.5 Å². The van der Waals surface area contributed by atoms with Gasteiger partial charge in [0.25, 0.3) is 0 Å². The molecule has 0 spiro atoms. The van der Waals surface area contributed by atoms with Crippen molar-refractivity contribution in [3.8, 4) is 11.5 Å². The van der Waals surface area contributed by atoms with Gasteiger partial charge in [0.05, 0.1) is 6.04 Å². The van der Waals surface area contributed by atoms with E-state index in [1.807, 2.05) is 23.1 Å². The van der Waals surface area contributed by atoms with Gasteiger partial charge >= 0.3 is 6.03 Å². The molecule has 1 atom stereocenters. The first kappa shape index (κ1) is 14.9. The summed E-state index contributed by atoms with van der Waals surface area (Å²) in [5, 5.41) is 2.99. The van der Waals surface area contributed by atoms with E-state index in [1.54, 1.807) is 0 Å². The van der Waals surface area contributed by atoms with E-state index in [4.69, 9.17) is 9.47 Å². The first-order valence-electron chi connectivity index (χ1n) is 8.38.